The zero-order chi connectivity index (χ0) is 15.9. The van der Waals surface area contributed by atoms with Gasteiger partial charge in [-0.1, -0.05) is 30.1 Å². The zero-order valence-corrected chi connectivity index (χ0v) is 14.9. The number of esters is 1. The minimum Gasteiger partial charge on any atom is -0.465 e. The Hall–Kier alpha value is -0.420. The van der Waals surface area contributed by atoms with Crippen LogP contribution in [0.1, 0.15) is 27.2 Å². The largest absolute Gasteiger partial charge is 0.465 e. The van der Waals surface area contributed by atoms with E-state index in [1.54, 1.807) is 23.9 Å². The van der Waals surface area contributed by atoms with Gasteiger partial charge in [0.15, 0.2) is 0 Å². The van der Waals surface area contributed by atoms with Crippen molar-refractivity contribution in [1.29, 1.82) is 0 Å². The summed E-state index contributed by atoms with van der Waals surface area (Å²) in [5.41, 5.74) is -0.719. The van der Waals surface area contributed by atoms with E-state index >= 15 is 0 Å². The summed E-state index contributed by atoms with van der Waals surface area (Å²) in [6.45, 7) is 6.87. The molecule has 1 rings (SSSR count). The molecule has 0 saturated carbocycles. The second-order valence-electron chi connectivity index (χ2n) is 4.84. The number of hydrogen-bond acceptors (Lipinski definition) is 4. The van der Waals surface area contributed by atoms with Crippen molar-refractivity contribution in [2.45, 2.75) is 37.6 Å². The zero-order valence-electron chi connectivity index (χ0n) is 12.5. The van der Waals surface area contributed by atoms with Crippen LogP contribution in [0.5, 0.6) is 0 Å². The summed E-state index contributed by atoms with van der Waals surface area (Å²) in [6.07, 6.45) is 0.951. The lowest BCUT2D eigenvalue weighted by Gasteiger charge is -2.28. The number of nitrogens with one attached hydrogen (secondary N) is 1. The van der Waals surface area contributed by atoms with E-state index in [2.05, 4.69) is 12.2 Å². The van der Waals surface area contributed by atoms with Gasteiger partial charge in [0.05, 0.1) is 16.7 Å². The normalized spacial score (nSPS) is 13.8. The fourth-order valence-electron chi connectivity index (χ4n) is 1.67. The highest BCUT2D eigenvalue weighted by Crippen LogP contribution is 2.30. The summed E-state index contributed by atoms with van der Waals surface area (Å²) < 4.78 is 5.17. The number of hydrogen-bond donors (Lipinski definition) is 1. The van der Waals surface area contributed by atoms with Crippen LogP contribution in [-0.2, 0) is 9.53 Å². The molecule has 0 aliphatic rings. The summed E-state index contributed by atoms with van der Waals surface area (Å²) in [6, 6.07) is 5.46. The highest BCUT2D eigenvalue weighted by atomic mass is 35.5. The number of rotatable bonds is 8. The van der Waals surface area contributed by atoms with Gasteiger partial charge in [0.2, 0.25) is 0 Å². The average molecular weight is 350 g/mol. The predicted molar refractivity (Wildman–Crippen MR) is 90.5 cm³/mol. The van der Waals surface area contributed by atoms with Crippen LogP contribution < -0.4 is 5.32 Å². The summed E-state index contributed by atoms with van der Waals surface area (Å²) in [4.78, 5) is 13.1. The van der Waals surface area contributed by atoms with Gasteiger partial charge in [0, 0.05) is 10.6 Å². The number of carbonyl (C=O) groups excluding carboxylic acids is 1. The molecule has 6 heteroatoms. The van der Waals surface area contributed by atoms with Crippen LogP contribution in [0.2, 0.25) is 10.0 Å². The van der Waals surface area contributed by atoms with Gasteiger partial charge in [-0.05, 0) is 45.0 Å². The Morgan fingerprint density at radius 1 is 1.33 bits per heavy atom. The Balaban J connectivity index is 2.76. The third kappa shape index (κ3) is 5.70. The van der Waals surface area contributed by atoms with Gasteiger partial charge in [-0.2, -0.15) is 0 Å². The Kier molecular flexibility index (Phi) is 7.88. The Labute approximate surface area is 140 Å². The number of ether oxygens (including phenoxy) is 1. The van der Waals surface area contributed by atoms with Gasteiger partial charge in [-0.3, -0.25) is 4.79 Å². The quantitative estimate of drug-likeness (QED) is 0.557. The van der Waals surface area contributed by atoms with Crippen LogP contribution in [0, 0.1) is 0 Å². The Morgan fingerprint density at radius 2 is 2.05 bits per heavy atom. The van der Waals surface area contributed by atoms with Crippen molar-refractivity contribution in [1.82, 2.24) is 5.32 Å². The van der Waals surface area contributed by atoms with Crippen molar-refractivity contribution in [3.63, 3.8) is 0 Å². The molecule has 3 nitrogen and oxygen atoms in total. The molecule has 0 spiro atoms. The fourth-order valence-corrected chi connectivity index (χ4v) is 3.07. The van der Waals surface area contributed by atoms with Gasteiger partial charge in [0.1, 0.15) is 5.54 Å². The van der Waals surface area contributed by atoms with E-state index < -0.39 is 5.54 Å². The number of halogens is 2. The summed E-state index contributed by atoms with van der Waals surface area (Å²) in [5, 5.41) is 4.31. The fraction of sp³-hybridized carbons (Fsp3) is 0.533. The molecule has 1 aromatic rings. The average Bonchev–Trinajstić information content (AvgIpc) is 2.46. The Bertz CT molecular complexity index is 485. The summed E-state index contributed by atoms with van der Waals surface area (Å²) >= 11 is 13.5. The Morgan fingerprint density at radius 3 is 2.62 bits per heavy atom. The van der Waals surface area contributed by atoms with Crippen LogP contribution >= 0.6 is 35.0 Å². The third-order valence-electron chi connectivity index (χ3n) is 2.91. The molecular formula is C15H21Cl2NO2S. The minimum atomic E-state index is -0.719. The second kappa shape index (κ2) is 8.89. The highest BCUT2D eigenvalue weighted by Gasteiger charge is 2.34. The van der Waals surface area contributed by atoms with Crippen molar-refractivity contribution in [3.05, 3.63) is 28.2 Å². The molecule has 1 unspecified atom stereocenters. The topological polar surface area (TPSA) is 38.3 Å². The molecule has 0 amide bonds. The van der Waals surface area contributed by atoms with E-state index in [1.807, 2.05) is 19.9 Å². The van der Waals surface area contributed by atoms with E-state index in [-0.39, 0.29) is 5.97 Å². The first kappa shape index (κ1) is 18.6. The van der Waals surface area contributed by atoms with Crippen molar-refractivity contribution in [2.24, 2.45) is 0 Å². The lowest BCUT2D eigenvalue weighted by atomic mass is 10.1. The predicted octanol–water partition coefficient (Wildman–Crippen LogP) is 4.41. The van der Waals surface area contributed by atoms with Crippen molar-refractivity contribution >= 4 is 40.9 Å². The monoisotopic (exact) mass is 349 g/mol. The SMILES string of the molecule is CCCNC(C)(CSc1ccc(Cl)c(Cl)c1)C(=O)OCC. The maximum Gasteiger partial charge on any atom is 0.326 e. The summed E-state index contributed by atoms with van der Waals surface area (Å²) in [5.74, 6) is 0.329. The second-order valence-corrected chi connectivity index (χ2v) is 6.71. The lowest BCUT2D eigenvalue weighted by molar-refractivity contribution is -0.149. The van der Waals surface area contributed by atoms with Gasteiger partial charge in [0.25, 0.3) is 0 Å². The molecule has 0 radical (unpaired) electrons. The van der Waals surface area contributed by atoms with Crippen LogP contribution in [0.15, 0.2) is 23.1 Å². The van der Waals surface area contributed by atoms with Crippen LogP contribution in [0.3, 0.4) is 0 Å². The van der Waals surface area contributed by atoms with Crippen LogP contribution in [-0.4, -0.2) is 30.4 Å². The molecule has 1 N–H and O–H groups in total. The number of thioether (sulfide) groups is 1. The first-order valence-corrected chi connectivity index (χ1v) is 8.67. The van der Waals surface area contributed by atoms with E-state index in [0.717, 1.165) is 17.9 Å². The molecule has 1 atom stereocenters. The molecule has 0 aromatic heterocycles. The van der Waals surface area contributed by atoms with Crippen molar-refractivity contribution < 1.29 is 9.53 Å². The molecule has 0 bridgehead atoms. The standard InChI is InChI=1S/C15H21Cl2NO2S/c1-4-8-18-15(3,14(19)20-5-2)10-21-11-6-7-12(16)13(17)9-11/h6-7,9,18H,4-5,8,10H2,1-3H3. The molecule has 0 fully saturated rings. The van der Waals surface area contributed by atoms with Crippen LogP contribution in [0.4, 0.5) is 0 Å². The number of carbonyl (C=O) groups is 1. The molecule has 1 aromatic carbocycles. The van der Waals surface area contributed by atoms with Crippen molar-refractivity contribution in [2.75, 3.05) is 18.9 Å². The van der Waals surface area contributed by atoms with Gasteiger partial charge in [-0.15, -0.1) is 11.8 Å². The maximum absolute atomic E-state index is 12.2. The smallest absolute Gasteiger partial charge is 0.326 e. The first-order chi connectivity index (χ1) is 9.92. The first-order valence-electron chi connectivity index (χ1n) is 6.93. The molecule has 0 aliphatic carbocycles. The molecule has 0 aliphatic heterocycles. The third-order valence-corrected chi connectivity index (χ3v) is 4.96. The maximum atomic E-state index is 12.2. The van der Waals surface area contributed by atoms with Gasteiger partial charge >= 0.3 is 5.97 Å². The van der Waals surface area contributed by atoms with E-state index in [1.165, 1.54) is 0 Å². The number of benzene rings is 1. The molecule has 0 heterocycles. The minimum absolute atomic E-state index is 0.231. The van der Waals surface area contributed by atoms with E-state index in [9.17, 15) is 4.79 Å². The highest BCUT2D eigenvalue weighted by molar-refractivity contribution is 7.99. The van der Waals surface area contributed by atoms with Crippen LogP contribution in [0.25, 0.3) is 0 Å². The lowest BCUT2D eigenvalue weighted by Crippen LogP contribution is -2.52. The molecule has 21 heavy (non-hydrogen) atoms. The van der Waals surface area contributed by atoms with Crippen molar-refractivity contribution in [3.8, 4) is 0 Å². The van der Waals surface area contributed by atoms with Gasteiger partial charge in [-0.25, -0.2) is 0 Å². The van der Waals surface area contributed by atoms with Gasteiger partial charge < -0.3 is 10.1 Å². The molecular weight excluding hydrogens is 329 g/mol. The molecule has 118 valence electrons. The summed E-state index contributed by atoms with van der Waals surface area (Å²) in [7, 11) is 0. The molecule has 0 saturated heterocycles. The van der Waals surface area contributed by atoms with E-state index in [0.29, 0.717) is 22.4 Å². The van der Waals surface area contributed by atoms with E-state index in [4.69, 9.17) is 27.9 Å².